The van der Waals surface area contributed by atoms with Crippen molar-refractivity contribution in [2.45, 2.75) is 26.7 Å². The van der Waals surface area contributed by atoms with Crippen LogP contribution in [-0.2, 0) is 6.42 Å². The number of hydrogen-bond acceptors (Lipinski definition) is 6. The van der Waals surface area contributed by atoms with Crippen LogP contribution in [0.5, 0.6) is 0 Å². The molecule has 4 heterocycles. The average Bonchev–Trinajstić information content (AvgIpc) is 3.11. The Morgan fingerprint density at radius 3 is 2.65 bits per heavy atom. The molecule has 0 aliphatic heterocycles. The maximum atomic E-state index is 9.66. The minimum Gasteiger partial charge on any atom is -0.287 e. The number of rotatable bonds is 4. The summed E-state index contributed by atoms with van der Waals surface area (Å²) in [6.07, 6.45) is 7.23. The molecule has 0 fully saturated rings. The molecule has 1 N–H and O–H groups in total. The third kappa shape index (κ3) is 2.66. The minimum atomic E-state index is 0.448. The molecule has 0 atom stereocenters. The number of anilines is 1. The fourth-order valence-electron chi connectivity index (χ4n) is 3.23. The van der Waals surface area contributed by atoms with Crippen molar-refractivity contribution in [1.82, 2.24) is 24.6 Å². The first kappa shape index (κ1) is 16.4. The number of aromatic nitrogens is 5. The molecule has 0 saturated carbocycles. The Bertz CT molecular complexity index is 1100. The van der Waals surface area contributed by atoms with Crippen LogP contribution in [0.4, 0.5) is 5.82 Å². The number of pyridine rings is 3. The van der Waals surface area contributed by atoms with Crippen molar-refractivity contribution >= 4 is 22.4 Å². The summed E-state index contributed by atoms with van der Waals surface area (Å²) in [5.74, 6) is 0.448. The molecule has 0 saturated heterocycles. The van der Waals surface area contributed by atoms with Crippen molar-refractivity contribution in [3.8, 4) is 11.1 Å². The second kappa shape index (κ2) is 6.34. The number of nitrogens with zero attached hydrogens (tertiary/aromatic N) is 6. The maximum absolute atomic E-state index is 9.66. The van der Waals surface area contributed by atoms with Crippen molar-refractivity contribution in [3.63, 3.8) is 0 Å². The van der Waals surface area contributed by atoms with E-state index in [9.17, 15) is 5.21 Å². The molecule has 0 amide bonds. The van der Waals surface area contributed by atoms with E-state index in [0.29, 0.717) is 5.82 Å². The van der Waals surface area contributed by atoms with E-state index in [4.69, 9.17) is 0 Å². The summed E-state index contributed by atoms with van der Waals surface area (Å²) in [6, 6.07) is 5.98. The SMILES string of the molecule is CCCc1cc(C)c(-c2cc3cnc(N(C)O)cc3n3ncnc23)cn1. The highest BCUT2D eigenvalue weighted by molar-refractivity contribution is 5.92. The van der Waals surface area contributed by atoms with Gasteiger partial charge in [0.25, 0.3) is 0 Å². The highest BCUT2D eigenvalue weighted by Crippen LogP contribution is 2.31. The van der Waals surface area contributed by atoms with Gasteiger partial charge < -0.3 is 0 Å². The smallest absolute Gasteiger partial charge is 0.163 e. The fourth-order valence-corrected chi connectivity index (χ4v) is 3.23. The Labute approximate surface area is 150 Å². The van der Waals surface area contributed by atoms with Gasteiger partial charge in [-0.2, -0.15) is 5.10 Å². The second-order valence-corrected chi connectivity index (χ2v) is 6.42. The molecule has 0 aromatic carbocycles. The van der Waals surface area contributed by atoms with Crippen LogP contribution in [0.2, 0.25) is 0 Å². The summed E-state index contributed by atoms with van der Waals surface area (Å²) in [7, 11) is 1.54. The first-order chi connectivity index (χ1) is 12.6. The molecule has 0 unspecified atom stereocenters. The van der Waals surface area contributed by atoms with Crippen molar-refractivity contribution < 1.29 is 5.21 Å². The van der Waals surface area contributed by atoms with Crippen LogP contribution in [0, 0.1) is 6.92 Å². The quantitative estimate of drug-likeness (QED) is 0.569. The number of hydroxylamine groups is 1. The molecule has 0 spiro atoms. The zero-order valence-electron chi connectivity index (χ0n) is 15.0. The minimum absolute atomic E-state index is 0.448. The van der Waals surface area contributed by atoms with Crippen molar-refractivity contribution in [1.29, 1.82) is 0 Å². The van der Waals surface area contributed by atoms with E-state index in [1.165, 1.54) is 13.4 Å². The number of aryl methyl sites for hydroxylation is 2. The van der Waals surface area contributed by atoms with Gasteiger partial charge >= 0.3 is 0 Å². The molecule has 4 aromatic heterocycles. The van der Waals surface area contributed by atoms with Gasteiger partial charge in [-0.15, -0.1) is 0 Å². The van der Waals surface area contributed by atoms with Gasteiger partial charge in [0.1, 0.15) is 6.33 Å². The van der Waals surface area contributed by atoms with Crippen LogP contribution in [0.1, 0.15) is 24.6 Å². The van der Waals surface area contributed by atoms with Crippen LogP contribution >= 0.6 is 0 Å². The van der Waals surface area contributed by atoms with E-state index in [1.807, 2.05) is 6.20 Å². The molecular formula is C19H20N6O. The van der Waals surface area contributed by atoms with Crippen LogP contribution in [0.3, 0.4) is 0 Å². The summed E-state index contributed by atoms with van der Waals surface area (Å²) >= 11 is 0. The first-order valence-electron chi connectivity index (χ1n) is 8.59. The molecule has 132 valence electrons. The molecule has 0 radical (unpaired) electrons. The van der Waals surface area contributed by atoms with Crippen LogP contribution in [0.15, 0.2) is 36.9 Å². The Morgan fingerprint density at radius 2 is 1.92 bits per heavy atom. The molecule has 0 bridgehead atoms. The molecular weight excluding hydrogens is 328 g/mol. The van der Waals surface area contributed by atoms with Crippen LogP contribution in [0.25, 0.3) is 27.7 Å². The zero-order valence-corrected chi connectivity index (χ0v) is 15.0. The third-order valence-corrected chi connectivity index (χ3v) is 4.51. The van der Waals surface area contributed by atoms with Crippen LogP contribution < -0.4 is 5.06 Å². The Morgan fingerprint density at radius 1 is 1.08 bits per heavy atom. The maximum Gasteiger partial charge on any atom is 0.163 e. The first-order valence-corrected chi connectivity index (χ1v) is 8.59. The molecule has 0 aliphatic rings. The topological polar surface area (TPSA) is 79.4 Å². The highest BCUT2D eigenvalue weighted by atomic mass is 16.5. The van der Waals surface area contributed by atoms with Crippen molar-refractivity contribution in [2.24, 2.45) is 0 Å². The van der Waals surface area contributed by atoms with Crippen LogP contribution in [-0.4, -0.2) is 36.8 Å². The largest absolute Gasteiger partial charge is 0.287 e. The van der Waals surface area contributed by atoms with E-state index in [0.717, 1.165) is 56.8 Å². The van der Waals surface area contributed by atoms with E-state index >= 15 is 0 Å². The van der Waals surface area contributed by atoms with Crippen molar-refractivity contribution in [2.75, 3.05) is 12.1 Å². The van der Waals surface area contributed by atoms with Crippen molar-refractivity contribution in [3.05, 3.63) is 48.2 Å². The third-order valence-electron chi connectivity index (χ3n) is 4.51. The molecule has 7 heteroatoms. The van der Waals surface area contributed by atoms with E-state index in [2.05, 4.69) is 46.0 Å². The lowest BCUT2D eigenvalue weighted by atomic mass is 10.0. The van der Waals surface area contributed by atoms with Gasteiger partial charge in [-0.25, -0.2) is 19.5 Å². The van der Waals surface area contributed by atoms with Gasteiger partial charge in [0.2, 0.25) is 0 Å². The molecule has 7 nitrogen and oxygen atoms in total. The molecule has 4 rings (SSSR count). The lowest BCUT2D eigenvalue weighted by Gasteiger charge is -2.13. The van der Waals surface area contributed by atoms with Gasteiger partial charge in [-0.05, 0) is 31.0 Å². The van der Waals surface area contributed by atoms with Gasteiger partial charge in [-0.3, -0.25) is 10.2 Å². The van der Waals surface area contributed by atoms with E-state index in [-0.39, 0.29) is 0 Å². The summed E-state index contributed by atoms with van der Waals surface area (Å²) in [5.41, 5.74) is 5.85. The Balaban J connectivity index is 1.96. The lowest BCUT2D eigenvalue weighted by molar-refractivity contribution is 0.276. The average molecular weight is 348 g/mol. The van der Waals surface area contributed by atoms with E-state index < -0.39 is 0 Å². The van der Waals surface area contributed by atoms with Gasteiger partial charge in [0, 0.05) is 47.7 Å². The lowest BCUT2D eigenvalue weighted by Crippen LogP contribution is -2.11. The van der Waals surface area contributed by atoms with Gasteiger partial charge in [0.05, 0.1) is 5.52 Å². The Hall–Kier alpha value is -3.06. The van der Waals surface area contributed by atoms with Gasteiger partial charge in [-0.1, -0.05) is 13.3 Å². The monoisotopic (exact) mass is 348 g/mol. The fraction of sp³-hybridized carbons (Fsp3) is 0.263. The van der Waals surface area contributed by atoms with Gasteiger partial charge in [0.15, 0.2) is 11.5 Å². The second-order valence-electron chi connectivity index (χ2n) is 6.42. The standard InChI is InChI=1S/C19H20N6O/c1-4-5-14-6-12(2)16(10-20-14)15-7-13-9-21-18(24(3)26)8-17(13)25-19(15)22-11-23-25/h6-11,26H,4-5H2,1-3H3. The van der Waals surface area contributed by atoms with E-state index in [1.54, 1.807) is 16.8 Å². The summed E-state index contributed by atoms with van der Waals surface area (Å²) < 4.78 is 1.78. The predicted octanol–water partition coefficient (Wildman–Crippen LogP) is 3.43. The normalized spacial score (nSPS) is 11.4. The number of hydrogen-bond donors (Lipinski definition) is 1. The molecule has 26 heavy (non-hydrogen) atoms. The summed E-state index contributed by atoms with van der Waals surface area (Å²) in [5, 5.41) is 15.9. The zero-order chi connectivity index (χ0) is 18.3. The molecule has 0 aliphatic carbocycles. The number of fused-ring (bicyclic) bond motifs is 3. The molecule has 4 aromatic rings. The highest BCUT2D eigenvalue weighted by Gasteiger charge is 2.14. The summed E-state index contributed by atoms with van der Waals surface area (Å²) in [6.45, 7) is 4.24. The Kier molecular flexibility index (Phi) is 4.00. The predicted molar refractivity (Wildman–Crippen MR) is 100 cm³/mol. The summed E-state index contributed by atoms with van der Waals surface area (Å²) in [4.78, 5) is 13.3.